The summed E-state index contributed by atoms with van der Waals surface area (Å²) in [5.41, 5.74) is 3.72. The second-order valence-corrected chi connectivity index (χ2v) is 10.9. The number of nitrogens with zero attached hydrogens (tertiary/aromatic N) is 2. The zero-order valence-corrected chi connectivity index (χ0v) is 19.2. The van der Waals surface area contributed by atoms with Gasteiger partial charge in [-0.05, 0) is 102 Å². The van der Waals surface area contributed by atoms with E-state index in [0.717, 1.165) is 31.1 Å². The number of aliphatic hydroxyl groups is 1. The molecule has 1 saturated heterocycles. The first-order chi connectivity index (χ1) is 14.0. The number of rotatable bonds is 4. The van der Waals surface area contributed by atoms with Crippen LogP contribution < -0.4 is 0 Å². The van der Waals surface area contributed by atoms with Crippen molar-refractivity contribution in [2.24, 2.45) is 17.3 Å². The van der Waals surface area contributed by atoms with Crippen LogP contribution in [0, 0.1) is 17.3 Å². The maximum Gasteiger partial charge on any atom is 0.0577 e. The lowest BCUT2D eigenvalue weighted by Gasteiger charge is -2.44. The summed E-state index contributed by atoms with van der Waals surface area (Å²) in [6.07, 6.45) is 17.3. The third-order valence-electron chi connectivity index (χ3n) is 8.96. The van der Waals surface area contributed by atoms with Crippen LogP contribution in [0.3, 0.4) is 0 Å². The minimum absolute atomic E-state index is 0.0992. The molecule has 0 radical (unpaired) electrons. The second kappa shape index (κ2) is 9.24. The lowest BCUT2D eigenvalue weighted by Crippen LogP contribution is -2.51. The van der Waals surface area contributed by atoms with Crippen LogP contribution in [0.5, 0.6) is 0 Å². The Balaban J connectivity index is 1.38. The first-order valence-corrected chi connectivity index (χ1v) is 12.4. The van der Waals surface area contributed by atoms with Crippen molar-refractivity contribution in [3.05, 3.63) is 23.3 Å². The van der Waals surface area contributed by atoms with Gasteiger partial charge in [0.25, 0.3) is 0 Å². The summed E-state index contributed by atoms with van der Waals surface area (Å²) in [5, 5.41) is 9.97. The van der Waals surface area contributed by atoms with Crippen molar-refractivity contribution >= 4 is 0 Å². The molecule has 0 aromatic heterocycles. The van der Waals surface area contributed by atoms with Gasteiger partial charge in [-0.2, -0.15) is 0 Å². The van der Waals surface area contributed by atoms with Crippen molar-refractivity contribution < 1.29 is 5.11 Å². The van der Waals surface area contributed by atoms with Crippen LogP contribution >= 0.6 is 0 Å². The average molecular weight is 401 g/mol. The van der Waals surface area contributed by atoms with Crippen LogP contribution in [0.15, 0.2) is 23.3 Å². The second-order valence-electron chi connectivity index (χ2n) is 10.9. The van der Waals surface area contributed by atoms with E-state index in [9.17, 15) is 5.11 Å². The number of likely N-dealkylation sites (N-methyl/N-ethyl adjacent to an activating group) is 1. The predicted octanol–water partition coefficient (Wildman–Crippen LogP) is 5.02. The molecule has 3 aliphatic carbocycles. The van der Waals surface area contributed by atoms with E-state index in [1.807, 2.05) is 0 Å². The van der Waals surface area contributed by atoms with Gasteiger partial charge in [0.15, 0.2) is 0 Å². The smallest absolute Gasteiger partial charge is 0.0577 e. The summed E-state index contributed by atoms with van der Waals surface area (Å²) < 4.78 is 0. The normalized spacial score (nSPS) is 42.5. The number of hydrogen-bond donors (Lipinski definition) is 1. The van der Waals surface area contributed by atoms with Crippen LogP contribution in [0.25, 0.3) is 0 Å². The SMILES string of the molecule is CC1CN(C)CCN1CC[C@H]1CCC2/C(=C/C=C3/CCCC(O)C3)CCCC21C. The maximum atomic E-state index is 9.97. The van der Waals surface area contributed by atoms with Crippen LogP contribution in [0.4, 0.5) is 0 Å². The highest BCUT2D eigenvalue weighted by atomic mass is 16.3. The summed E-state index contributed by atoms with van der Waals surface area (Å²) in [6, 6.07) is 0.707. The molecule has 4 unspecified atom stereocenters. The fourth-order valence-electron chi connectivity index (χ4n) is 7.10. The van der Waals surface area contributed by atoms with Crippen LogP contribution in [0.1, 0.15) is 78.1 Å². The molecule has 5 atom stereocenters. The molecule has 4 aliphatic rings. The molecule has 4 rings (SSSR count). The summed E-state index contributed by atoms with van der Waals surface area (Å²) in [6.45, 7) is 10.0. The number of piperazine rings is 1. The van der Waals surface area contributed by atoms with Crippen LogP contribution in [-0.4, -0.2) is 60.3 Å². The fourth-order valence-corrected chi connectivity index (χ4v) is 7.10. The molecule has 0 aromatic rings. The van der Waals surface area contributed by atoms with Crippen molar-refractivity contribution in [3.63, 3.8) is 0 Å². The molecule has 29 heavy (non-hydrogen) atoms. The average Bonchev–Trinajstić information content (AvgIpc) is 3.02. The molecule has 4 fully saturated rings. The van der Waals surface area contributed by atoms with Crippen LogP contribution in [-0.2, 0) is 0 Å². The van der Waals surface area contributed by atoms with Crippen LogP contribution in [0.2, 0.25) is 0 Å². The number of hydrogen-bond acceptors (Lipinski definition) is 3. The summed E-state index contributed by atoms with van der Waals surface area (Å²) in [5.74, 6) is 1.70. The van der Waals surface area contributed by atoms with Gasteiger partial charge in [0.2, 0.25) is 0 Å². The topological polar surface area (TPSA) is 26.7 Å². The Morgan fingerprint density at radius 2 is 1.97 bits per heavy atom. The predicted molar refractivity (Wildman–Crippen MR) is 122 cm³/mol. The molecule has 1 heterocycles. The molecule has 1 aliphatic heterocycles. The van der Waals surface area contributed by atoms with E-state index in [1.54, 1.807) is 5.57 Å². The van der Waals surface area contributed by atoms with Crippen molar-refractivity contribution in [3.8, 4) is 0 Å². The summed E-state index contributed by atoms with van der Waals surface area (Å²) in [4.78, 5) is 5.22. The van der Waals surface area contributed by atoms with E-state index in [0.29, 0.717) is 11.5 Å². The Morgan fingerprint density at radius 3 is 2.76 bits per heavy atom. The van der Waals surface area contributed by atoms with Gasteiger partial charge in [0, 0.05) is 25.7 Å². The highest BCUT2D eigenvalue weighted by molar-refractivity contribution is 5.25. The molecule has 3 heteroatoms. The van der Waals surface area contributed by atoms with Gasteiger partial charge in [0.1, 0.15) is 0 Å². The van der Waals surface area contributed by atoms with E-state index < -0.39 is 0 Å². The quantitative estimate of drug-likeness (QED) is 0.718. The molecule has 3 saturated carbocycles. The molecule has 0 bridgehead atoms. The Hall–Kier alpha value is -0.640. The lowest BCUT2D eigenvalue weighted by molar-refractivity contribution is 0.0738. The standard InChI is InChI=1S/C26H44N2O/c1-20-19-27(3)16-17-28(20)15-13-23-11-12-25-22(7-5-14-26(23,25)2)10-9-21-6-4-8-24(29)18-21/h9-10,20,23-25,29H,4-8,11-19H2,1-3H3/b21-9-,22-10+/t20?,23-,24?,25?,26?/m1/s1. The number of aliphatic hydroxyl groups excluding tert-OH is 1. The minimum Gasteiger partial charge on any atom is -0.393 e. The van der Waals surface area contributed by atoms with E-state index >= 15 is 0 Å². The van der Waals surface area contributed by atoms with Crippen molar-refractivity contribution in [2.75, 3.05) is 33.2 Å². The monoisotopic (exact) mass is 400 g/mol. The van der Waals surface area contributed by atoms with Gasteiger partial charge in [-0.25, -0.2) is 0 Å². The number of fused-ring (bicyclic) bond motifs is 1. The van der Waals surface area contributed by atoms with Crippen molar-refractivity contribution in [1.29, 1.82) is 0 Å². The minimum atomic E-state index is -0.0992. The van der Waals surface area contributed by atoms with E-state index in [2.05, 4.69) is 42.8 Å². The largest absolute Gasteiger partial charge is 0.393 e. The van der Waals surface area contributed by atoms with Gasteiger partial charge < -0.3 is 10.0 Å². The zero-order chi connectivity index (χ0) is 20.4. The summed E-state index contributed by atoms with van der Waals surface area (Å²) >= 11 is 0. The highest BCUT2D eigenvalue weighted by Crippen LogP contribution is 2.58. The summed E-state index contributed by atoms with van der Waals surface area (Å²) in [7, 11) is 2.26. The molecular formula is C26H44N2O. The third kappa shape index (κ3) is 4.83. The van der Waals surface area contributed by atoms with Crippen molar-refractivity contribution in [1.82, 2.24) is 9.80 Å². The Kier molecular flexibility index (Phi) is 6.88. The Morgan fingerprint density at radius 1 is 1.10 bits per heavy atom. The van der Waals surface area contributed by atoms with Gasteiger partial charge in [-0.15, -0.1) is 0 Å². The first kappa shape index (κ1) is 21.6. The maximum absolute atomic E-state index is 9.97. The molecule has 1 N–H and O–H groups in total. The van der Waals surface area contributed by atoms with Gasteiger partial charge in [0.05, 0.1) is 6.10 Å². The number of allylic oxidation sites excluding steroid dienone is 3. The lowest BCUT2D eigenvalue weighted by atomic mass is 9.63. The van der Waals surface area contributed by atoms with E-state index in [1.165, 1.54) is 76.7 Å². The Labute approximate surface area is 179 Å². The molecule has 0 aromatic carbocycles. The van der Waals surface area contributed by atoms with E-state index in [4.69, 9.17) is 0 Å². The third-order valence-corrected chi connectivity index (χ3v) is 8.96. The molecule has 0 amide bonds. The van der Waals surface area contributed by atoms with Gasteiger partial charge in [-0.1, -0.05) is 30.2 Å². The molecule has 164 valence electrons. The Bertz CT molecular complexity index is 626. The fraction of sp³-hybridized carbons (Fsp3) is 0.846. The van der Waals surface area contributed by atoms with Gasteiger partial charge in [-0.3, -0.25) is 4.90 Å². The van der Waals surface area contributed by atoms with Crippen molar-refractivity contribution in [2.45, 2.75) is 90.2 Å². The zero-order valence-electron chi connectivity index (χ0n) is 19.2. The molecular weight excluding hydrogens is 356 g/mol. The first-order valence-electron chi connectivity index (χ1n) is 12.4. The molecule has 0 spiro atoms. The highest BCUT2D eigenvalue weighted by Gasteiger charge is 2.48. The van der Waals surface area contributed by atoms with Gasteiger partial charge >= 0.3 is 0 Å². The molecule has 3 nitrogen and oxygen atoms in total. The van der Waals surface area contributed by atoms with E-state index in [-0.39, 0.29) is 6.10 Å².